The molecule has 1 saturated heterocycles. The van der Waals surface area contributed by atoms with Crippen LogP contribution >= 0.6 is 23.2 Å². The summed E-state index contributed by atoms with van der Waals surface area (Å²) in [6.07, 6.45) is 3.84. The van der Waals surface area contributed by atoms with E-state index in [9.17, 15) is 0 Å². The van der Waals surface area contributed by atoms with Crippen molar-refractivity contribution < 1.29 is 0 Å². The molecule has 0 atom stereocenters. The Bertz CT molecular complexity index is 679. The van der Waals surface area contributed by atoms with E-state index in [1.54, 1.807) is 0 Å². The van der Waals surface area contributed by atoms with E-state index in [1.807, 2.05) is 31.2 Å². The zero-order valence-electron chi connectivity index (χ0n) is 13.4. The van der Waals surface area contributed by atoms with E-state index in [0.717, 1.165) is 39.9 Å². The minimum atomic E-state index is 0.701. The average molecular weight is 349 g/mol. The smallest absolute Gasteiger partial charge is 0.0476 e. The number of nitrogens with zero attached hydrogens (tertiary/aromatic N) is 1. The van der Waals surface area contributed by atoms with E-state index in [1.165, 1.54) is 24.9 Å². The van der Waals surface area contributed by atoms with Crippen molar-refractivity contribution in [1.29, 1.82) is 0 Å². The van der Waals surface area contributed by atoms with Crippen molar-refractivity contribution in [2.24, 2.45) is 0 Å². The number of benzene rings is 2. The van der Waals surface area contributed by atoms with Crippen LogP contribution in [0.4, 0.5) is 11.4 Å². The van der Waals surface area contributed by atoms with Crippen LogP contribution in [0.15, 0.2) is 36.4 Å². The van der Waals surface area contributed by atoms with Crippen LogP contribution in [0.3, 0.4) is 0 Å². The Morgan fingerprint density at radius 3 is 2.43 bits per heavy atom. The molecule has 2 nitrogen and oxygen atoms in total. The first-order valence-corrected chi connectivity index (χ1v) is 8.94. The van der Waals surface area contributed by atoms with E-state index < -0.39 is 0 Å². The molecule has 0 spiro atoms. The number of rotatable bonds is 4. The zero-order chi connectivity index (χ0) is 16.2. The van der Waals surface area contributed by atoms with Crippen LogP contribution in [0.25, 0.3) is 0 Å². The van der Waals surface area contributed by atoms with Gasteiger partial charge in [-0.1, -0.05) is 35.3 Å². The lowest BCUT2D eigenvalue weighted by molar-refractivity contribution is 0.576. The molecule has 0 amide bonds. The lowest BCUT2D eigenvalue weighted by Crippen LogP contribution is -2.30. The van der Waals surface area contributed by atoms with E-state index in [2.05, 4.69) is 22.3 Å². The fourth-order valence-corrected chi connectivity index (χ4v) is 3.55. The molecule has 0 saturated carbocycles. The monoisotopic (exact) mass is 348 g/mol. The summed E-state index contributed by atoms with van der Waals surface area (Å²) >= 11 is 12.7. The van der Waals surface area contributed by atoms with Gasteiger partial charge >= 0.3 is 0 Å². The third kappa shape index (κ3) is 3.76. The molecule has 2 aromatic carbocycles. The van der Waals surface area contributed by atoms with Crippen molar-refractivity contribution in [1.82, 2.24) is 0 Å². The summed E-state index contributed by atoms with van der Waals surface area (Å²) in [5.74, 6) is 0. The first kappa shape index (κ1) is 16.5. The Morgan fingerprint density at radius 2 is 1.65 bits per heavy atom. The van der Waals surface area contributed by atoms with Crippen LogP contribution in [-0.4, -0.2) is 13.1 Å². The van der Waals surface area contributed by atoms with Gasteiger partial charge in [0, 0.05) is 46.6 Å². The third-order valence-electron chi connectivity index (χ3n) is 4.51. The van der Waals surface area contributed by atoms with Crippen LogP contribution in [0, 0.1) is 6.92 Å². The summed E-state index contributed by atoms with van der Waals surface area (Å²) in [6.45, 7) is 4.96. The number of nitrogens with one attached hydrogen (secondary N) is 1. The Labute approximate surface area is 148 Å². The molecule has 1 fully saturated rings. The van der Waals surface area contributed by atoms with Crippen LogP contribution in [-0.2, 0) is 6.54 Å². The van der Waals surface area contributed by atoms with Crippen LogP contribution in [0.2, 0.25) is 10.0 Å². The Balaban J connectivity index is 1.83. The van der Waals surface area contributed by atoms with Crippen molar-refractivity contribution in [3.05, 3.63) is 57.6 Å². The van der Waals surface area contributed by atoms with Crippen LogP contribution < -0.4 is 10.2 Å². The molecule has 3 rings (SSSR count). The molecule has 1 N–H and O–H groups in total. The number of piperidine rings is 1. The van der Waals surface area contributed by atoms with Gasteiger partial charge in [0.15, 0.2) is 0 Å². The highest BCUT2D eigenvalue weighted by Crippen LogP contribution is 2.31. The standard InChI is InChI=1S/C19H22Cl2N2/c1-14-16(20)7-5-9-18(14)22-13-15-17(21)8-6-10-19(15)23-11-3-2-4-12-23/h5-10,22H,2-4,11-13H2,1H3. The molecule has 0 bridgehead atoms. The largest absolute Gasteiger partial charge is 0.381 e. The van der Waals surface area contributed by atoms with Crippen molar-refractivity contribution in [2.75, 3.05) is 23.3 Å². The van der Waals surface area contributed by atoms with Gasteiger partial charge in [0.05, 0.1) is 0 Å². The molecular weight excluding hydrogens is 327 g/mol. The van der Waals surface area contributed by atoms with Gasteiger partial charge in [-0.2, -0.15) is 0 Å². The van der Waals surface area contributed by atoms with Crippen molar-refractivity contribution in [3.63, 3.8) is 0 Å². The lowest BCUT2D eigenvalue weighted by atomic mass is 10.1. The quantitative estimate of drug-likeness (QED) is 0.739. The van der Waals surface area contributed by atoms with Gasteiger partial charge in [0.25, 0.3) is 0 Å². The molecule has 23 heavy (non-hydrogen) atoms. The van der Waals surface area contributed by atoms with E-state index in [-0.39, 0.29) is 0 Å². The molecule has 1 aliphatic heterocycles. The Morgan fingerprint density at radius 1 is 0.957 bits per heavy atom. The third-order valence-corrected chi connectivity index (χ3v) is 5.28. The molecule has 0 radical (unpaired) electrons. The van der Waals surface area contributed by atoms with Crippen LogP contribution in [0.5, 0.6) is 0 Å². The van der Waals surface area contributed by atoms with Gasteiger partial charge in [0.1, 0.15) is 0 Å². The average Bonchev–Trinajstić information content (AvgIpc) is 2.58. The molecule has 0 aliphatic carbocycles. The predicted molar refractivity (Wildman–Crippen MR) is 101 cm³/mol. The molecule has 1 heterocycles. The van der Waals surface area contributed by atoms with Crippen LogP contribution in [0.1, 0.15) is 30.4 Å². The van der Waals surface area contributed by atoms with E-state index >= 15 is 0 Å². The summed E-state index contributed by atoms with van der Waals surface area (Å²) in [6, 6.07) is 12.1. The first-order chi connectivity index (χ1) is 11.2. The maximum atomic E-state index is 6.49. The predicted octanol–water partition coefficient (Wildman–Crippen LogP) is 5.90. The second kappa shape index (κ2) is 7.46. The summed E-state index contributed by atoms with van der Waals surface area (Å²) < 4.78 is 0. The molecule has 1 aliphatic rings. The highest BCUT2D eigenvalue weighted by molar-refractivity contribution is 6.32. The highest BCUT2D eigenvalue weighted by atomic mass is 35.5. The summed E-state index contributed by atoms with van der Waals surface area (Å²) in [4.78, 5) is 2.46. The lowest BCUT2D eigenvalue weighted by Gasteiger charge is -2.31. The number of hydrogen-bond donors (Lipinski definition) is 1. The number of halogens is 2. The number of hydrogen-bond acceptors (Lipinski definition) is 2. The van der Waals surface area contributed by atoms with Gasteiger partial charge in [-0.15, -0.1) is 0 Å². The molecule has 122 valence electrons. The topological polar surface area (TPSA) is 15.3 Å². The van der Waals surface area contributed by atoms with Crippen molar-refractivity contribution in [2.45, 2.75) is 32.7 Å². The first-order valence-electron chi connectivity index (χ1n) is 8.18. The van der Waals surface area contributed by atoms with Gasteiger partial charge in [-0.25, -0.2) is 0 Å². The molecule has 2 aromatic rings. The second-order valence-corrected chi connectivity index (χ2v) is 6.87. The Kier molecular flexibility index (Phi) is 5.34. The normalized spacial score (nSPS) is 14.8. The van der Waals surface area contributed by atoms with Crippen molar-refractivity contribution >= 4 is 34.6 Å². The van der Waals surface area contributed by atoms with E-state index in [0.29, 0.717) is 6.54 Å². The SMILES string of the molecule is Cc1c(Cl)cccc1NCc1c(Cl)cccc1N1CCCCC1. The second-order valence-electron chi connectivity index (χ2n) is 6.05. The van der Waals surface area contributed by atoms with Gasteiger partial charge in [-0.3, -0.25) is 0 Å². The fraction of sp³-hybridized carbons (Fsp3) is 0.368. The molecule has 0 aromatic heterocycles. The molecular formula is C19H22Cl2N2. The minimum absolute atomic E-state index is 0.701. The summed E-state index contributed by atoms with van der Waals surface area (Å²) in [7, 11) is 0. The van der Waals surface area contributed by atoms with Gasteiger partial charge in [-0.05, 0) is 56.0 Å². The maximum absolute atomic E-state index is 6.49. The van der Waals surface area contributed by atoms with Gasteiger partial charge in [0.2, 0.25) is 0 Å². The summed E-state index contributed by atoms with van der Waals surface area (Å²) in [5, 5.41) is 5.10. The molecule has 4 heteroatoms. The van der Waals surface area contributed by atoms with Gasteiger partial charge < -0.3 is 10.2 Å². The minimum Gasteiger partial charge on any atom is -0.381 e. The fourth-order valence-electron chi connectivity index (χ4n) is 3.14. The maximum Gasteiger partial charge on any atom is 0.0476 e. The number of anilines is 2. The zero-order valence-corrected chi connectivity index (χ0v) is 14.9. The molecule has 0 unspecified atom stereocenters. The summed E-state index contributed by atoms with van der Waals surface area (Å²) in [5.41, 5.74) is 4.54. The highest BCUT2D eigenvalue weighted by Gasteiger charge is 2.16. The van der Waals surface area contributed by atoms with E-state index in [4.69, 9.17) is 23.2 Å². The Hall–Kier alpha value is -1.38. The van der Waals surface area contributed by atoms with Crippen molar-refractivity contribution in [3.8, 4) is 0 Å².